The molecule has 0 radical (unpaired) electrons. The molecule has 0 aliphatic carbocycles. The maximum Gasteiger partial charge on any atom is 0.330 e. The van der Waals surface area contributed by atoms with Crippen LogP contribution in [0.4, 0.5) is 0 Å². The van der Waals surface area contributed by atoms with Crippen molar-refractivity contribution in [2.75, 3.05) is 19.4 Å². The van der Waals surface area contributed by atoms with Gasteiger partial charge in [0.05, 0.1) is 32.1 Å². The van der Waals surface area contributed by atoms with E-state index >= 15 is 0 Å². The number of rotatable bonds is 10. The third-order valence-corrected chi connectivity index (χ3v) is 8.17. The van der Waals surface area contributed by atoms with Crippen LogP contribution in [0.3, 0.4) is 0 Å². The molecular formula is C22H24BrN4O5P. The number of hydrogen-bond donors (Lipinski definition) is 0. The number of amides is 2. The van der Waals surface area contributed by atoms with Crippen LogP contribution in [0.5, 0.6) is 0 Å². The molecule has 2 aromatic carbocycles. The number of hydrogen-bond acceptors (Lipinski definition) is 7. The lowest BCUT2D eigenvalue weighted by atomic mass is 9.94. The highest BCUT2D eigenvalue weighted by Crippen LogP contribution is 2.48. The van der Waals surface area contributed by atoms with Crippen LogP contribution < -0.4 is 0 Å². The monoisotopic (exact) mass is 534 g/mol. The molecule has 0 atom stereocenters. The molecule has 1 aliphatic rings. The first-order valence-electron chi connectivity index (χ1n) is 10.7. The first kappa shape index (κ1) is 23.8. The number of aryl methyl sites for hydroxylation is 1. The molecule has 2 heterocycles. The van der Waals surface area contributed by atoms with Crippen LogP contribution in [0.1, 0.15) is 46.7 Å². The summed E-state index contributed by atoms with van der Waals surface area (Å²) in [6.07, 6.45) is 2.47. The Hall–Kier alpha value is -2.39. The Morgan fingerprint density at radius 1 is 1.03 bits per heavy atom. The van der Waals surface area contributed by atoms with E-state index in [2.05, 4.69) is 26.2 Å². The van der Waals surface area contributed by atoms with E-state index in [4.69, 9.17) is 9.05 Å². The van der Waals surface area contributed by atoms with Gasteiger partial charge in [-0.15, -0.1) is 5.10 Å². The van der Waals surface area contributed by atoms with Crippen molar-refractivity contribution in [3.8, 4) is 0 Å². The van der Waals surface area contributed by atoms with Crippen LogP contribution in [0.25, 0.3) is 10.8 Å². The summed E-state index contributed by atoms with van der Waals surface area (Å²) >= 11 is 3.49. The van der Waals surface area contributed by atoms with Crippen molar-refractivity contribution in [3.05, 3.63) is 57.8 Å². The maximum atomic E-state index is 13.1. The van der Waals surface area contributed by atoms with Gasteiger partial charge in [0.2, 0.25) is 0 Å². The Bertz CT molecular complexity index is 1230. The van der Waals surface area contributed by atoms with Crippen molar-refractivity contribution in [2.24, 2.45) is 0 Å². The van der Waals surface area contributed by atoms with E-state index in [1.807, 2.05) is 12.1 Å². The van der Waals surface area contributed by atoms with Gasteiger partial charge in [-0.25, -0.2) is 0 Å². The first-order valence-corrected chi connectivity index (χ1v) is 13.2. The van der Waals surface area contributed by atoms with Gasteiger partial charge in [0.15, 0.2) is 0 Å². The molecular weight excluding hydrogens is 511 g/mol. The fourth-order valence-electron chi connectivity index (χ4n) is 3.92. The van der Waals surface area contributed by atoms with E-state index in [1.165, 1.54) is 4.90 Å². The Balaban J connectivity index is 1.46. The summed E-state index contributed by atoms with van der Waals surface area (Å²) in [5, 5.41) is 9.68. The molecule has 33 heavy (non-hydrogen) atoms. The Morgan fingerprint density at radius 2 is 1.73 bits per heavy atom. The van der Waals surface area contributed by atoms with Crippen LogP contribution in [0.15, 0.2) is 41.0 Å². The molecule has 3 aromatic rings. The molecule has 0 N–H and O–H groups in total. The fourth-order valence-corrected chi connectivity index (χ4v) is 6.03. The van der Waals surface area contributed by atoms with E-state index in [1.54, 1.807) is 42.9 Å². The molecule has 0 spiro atoms. The lowest BCUT2D eigenvalue weighted by molar-refractivity contribution is 0.0596. The summed E-state index contributed by atoms with van der Waals surface area (Å²) in [6, 6.07) is 8.95. The molecule has 11 heteroatoms. The van der Waals surface area contributed by atoms with Gasteiger partial charge in [0.1, 0.15) is 5.69 Å². The molecule has 9 nitrogen and oxygen atoms in total. The summed E-state index contributed by atoms with van der Waals surface area (Å²) in [5.41, 5.74) is 1.46. The lowest BCUT2D eigenvalue weighted by Gasteiger charge is -2.26. The predicted octanol–water partition coefficient (Wildman–Crippen LogP) is 4.65. The van der Waals surface area contributed by atoms with Crippen molar-refractivity contribution in [1.82, 2.24) is 19.9 Å². The summed E-state index contributed by atoms with van der Waals surface area (Å²) in [5.74, 6) is -0.722. The smallest absolute Gasteiger partial charge is 0.309 e. The molecule has 174 valence electrons. The van der Waals surface area contributed by atoms with E-state index in [9.17, 15) is 14.2 Å². The molecule has 0 unspecified atom stereocenters. The average Bonchev–Trinajstić information content (AvgIpc) is 3.23. The van der Waals surface area contributed by atoms with Crippen LogP contribution >= 0.6 is 23.5 Å². The van der Waals surface area contributed by atoms with Gasteiger partial charge in [-0.1, -0.05) is 33.3 Å². The third-order valence-electron chi connectivity index (χ3n) is 5.32. The van der Waals surface area contributed by atoms with Crippen molar-refractivity contribution >= 4 is 46.1 Å². The Kier molecular flexibility index (Phi) is 7.09. The van der Waals surface area contributed by atoms with Crippen LogP contribution in [-0.2, 0) is 26.7 Å². The van der Waals surface area contributed by atoms with E-state index < -0.39 is 7.60 Å². The zero-order chi connectivity index (χ0) is 23.6. The molecule has 1 aliphatic heterocycles. The number of carbonyl (C=O) groups excluding carboxylic acids is 2. The average molecular weight is 535 g/mol. The summed E-state index contributed by atoms with van der Waals surface area (Å²) in [7, 11) is -3.11. The van der Waals surface area contributed by atoms with Gasteiger partial charge in [-0.3, -0.25) is 23.7 Å². The SMILES string of the molecule is CCOP(=O)(CCCn1cc(CN2C(=O)c3cccc4c(Br)ccc(c34)C2=O)nn1)OCC. The van der Waals surface area contributed by atoms with Crippen molar-refractivity contribution in [1.29, 1.82) is 0 Å². The van der Waals surface area contributed by atoms with Gasteiger partial charge in [-0.05, 0) is 43.9 Å². The van der Waals surface area contributed by atoms with Crippen LogP contribution in [0, 0.1) is 0 Å². The highest BCUT2D eigenvalue weighted by molar-refractivity contribution is 9.10. The molecule has 1 aromatic heterocycles. The lowest BCUT2D eigenvalue weighted by Crippen LogP contribution is -2.39. The summed E-state index contributed by atoms with van der Waals surface area (Å²) < 4.78 is 25.6. The number of benzene rings is 2. The van der Waals surface area contributed by atoms with Crippen LogP contribution in [-0.4, -0.2) is 51.1 Å². The Morgan fingerprint density at radius 3 is 2.42 bits per heavy atom. The van der Waals surface area contributed by atoms with Crippen LogP contribution in [0.2, 0.25) is 0 Å². The molecule has 0 saturated heterocycles. The quantitative estimate of drug-likeness (QED) is 0.275. The normalized spacial score (nSPS) is 13.8. The second-order valence-electron chi connectivity index (χ2n) is 7.52. The number of imide groups is 1. The standard InChI is InChI=1S/C22H24BrN4O5P/c1-3-31-33(30,32-4-2)12-6-11-26-13-15(24-25-26)14-27-21(28)17-8-5-7-16-19(23)10-9-18(20(16)17)22(27)29/h5,7-10,13H,3-4,6,11-12,14H2,1-2H3. The second kappa shape index (κ2) is 9.85. The van der Waals surface area contributed by atoms with Crippen molar-refractivity contribution < 1.29 is 23.2 Å². The van der Waals surface area contributed by atoms with Gasteiger partial charge >= 0.3 is 7.60 Å². The molecule has 0 fully saturated rings. The number of nitrogens with zero attached hydrogens (tertiary/aromatic N) is 4. The second-order valence-corrected chi connectivity index (χ2v) is 10.6. The molecule has 2 amide bonds. The number of carbonyl (C=O) groups is 2. The maximum absolute atomic E-state index is 13.1. The minimum absolute atomic E-state index is 0.0138. The van der Waals surface area contributed by atoms with Gasteiger partial charge < -0.3 is 9.05 Å². The van der Waals surface area contributed by atoms with E-state index in [-0.39, 0.29) is 24.5 Å². The summed E-state index contributed by atoms with van der Waals surface area (Å²) in [6.45, 7) is 4.65. The van der Waals surface area contributed by atoms with Crippen molar-refractivity contribution in [2.45, 2.75) is 33.4 Å². The fraction of sp³-hybridized carbons (Fsp3) is 0.364. The highest BCUT2D eigenvalue weighted by atomic mass is 79.9. The summed E-state index contributed by atoms with van der Waals surface area (Å²) in [4.78, 5) is 27.4. The highest BCUT2D eigenvalue weighted by Gasteiger charge is 2.33. The predicted molar refractivity (Wildman–Crippen MR) is 126 cm³/mol. The molecule has 0 bridgehead atoms. The Labute approximate surface area is 199 Å². The van der Waals surface area contributed by atoms with E-state index in [0.717, 1.165) is 9.86 Å². The molecule has 4 rings (SSSR count). The number of halogens is 1. The largest absolute Gasteiger partial charge is 0.330 e. The molecule has 0 saturated carbocycles. The third kappa shape index (κ3) is 4.80. The zero-order valence-electron chi connectivity index (χ0n) is 18.4. The van der Waals surface area contributed by atoms with Gasteiger partial charge in [-0.2, -0.15) is 0 Å². The first-order chi connectivity index (χ1) is 15.9. The van der Waals surface area contributed by atoms with Crippen molar-refractivity contribution in [3.63, 3.8) is 0 Å². The minimum Gasteiger partial charge on any atom is -0.309 e. The van der Waals surface area contributed by atoms with E-state index in [0.29, 0.717) is 48.4 Å². The minimum atomic E-state index is -3.11. The van der Waals surface area contributed by atoms with Gasteiger partial charge in [0.25, 0.3) is 11.8 Å². The number of aromatic nitrogens is 3. The zero-order valence-corrected chi connectivity index (χ0v) is 20.8. The topological polar surface area (TPSA) is 104 Å². The van der Waals surface area contributed by atoms with Gasteiger partial charge in [0, 0.05) is 27.5 Å².